The fraction of sp³-hybridized carbons (Fsp3) is 0.333. The molecule has 0 saturated heterocycles. The Labute approximate surface area is 132 Å². The molecule has 3 nitrogen and oxygen atoms in total. The molecule has 0 bridgehead atoms. The van der Waals surface area contributed by atoms with Crippen LogP contribution in [-0.2, 0) is 10.0 Å². The normalized spacial score (nSPS) is 11.6. The number of hydrogen-bond acceptors (Lipinski definition) is 2. The Morgan fingerprint density at radius 1 is 1.37 bits per heavy atom. The standard InChI is InChI=1S/C12H12BrCl2NO2S/c1-3-5-16(6-4-2)19(17,18)12-10(14)7-9(13)8-11(12)15/h1,7-8H,4-6H2,2H3. The molecule has 0 spiro atoms. The van der Waals surface area contributed by atoms with Gasteiger partial charge in [-0.1, -0.05) is 52.0 Å². The summed E-state index contributed by atoms with van der Waals surface area (Å²) >= 11 is 15.2. The Kier molecular flexibility index (Phi) is 6.15. The van der Waals surface area contributed by atoms with Crippen LogP contribution in [0.15, 0.2) is 21.5 Å². The van der Waals surface area contributed by atoms with Crippen molar-refractivity contribution in [2.45, 2.75) is 18.2 Å². The fourth-order valence-corrected chi connectivity index (χ4v) is 4.87. The molecule has 0 heterocycles. The molecular formula is C12H12BrCl2NO2S. The maximum Gasteiger partial charge on any atom is 0.246 e. The lowest BCUT2D eigenvalue weighted by atomic mass is 10.4. The highest BCUT2D eigenvalue weighted by atomic mass is 79.9. The second kappa shape index (κ2) is 6.96. The molecule has 0 N–H and O–H groups in total. The lowest BCUT2D eigenvalue weighted by Gasteiger charge is -2.20. The van der Waals surface area contributed by atoms with E-state index in [1.165, 1.54) is 16.4 Å². The van der Waals surface area contributed by atoms with Crippen molar-refractivity contribution in [3.8, 4) is 12.3 Å². The van der Waals surface area contributed by atoms with Crippen molar-refractivity contribution in [2.24, 2.45) is 0 Å². The predicted molar refractivity (Wildman–Crippen MR) is 82.0 cm³/mol. The fourth-order valence-electron chi connectivity index (χ4n) is 1.54. The SMILES string of the molecule is C#CCN(CCC)S(=O)(=O)c1c(Cl)cc(Br)cc1Cl. The number of rotatable bonds is 5. The minimum Gasteiger partial charge on any atom is -0.207 e. The summed E-state index contributed by atoms with van der Waals surface area (Å²) in [5.41, 5.74) is 0. The summed E-state index contributed by atoms with van der Waals surface area (Å²) in [6.45, 7) is 2.16. The minimum atomic E-state index is -3.80. The third kappa shape index (κ3) is 3.87. The van der Waals surface area contributed by atoms with Crippen LogP contribution in [0.2, 0.25) is 10.0 Å². The van der Waals surface area contributed by atoms with Crippen LogP contribution in [0.1, 0.15) is 13.3 Å². The van der Waals surface area contributed by atoms with E-state index in [0.717, 1.165) is 0 Å². The average molecular weight is 385 g/mol. The minimum absolute atomic E-state index is 0.0150. The number of benzene rings is 1. The first-order valence-corrected chi connectivity index (χ1v) is 8.41. The maximum absolute atomic E-state index is 12.5. The van der Waals surface area contributed by atoms with Gasteiger partial charge in [0.2, 0.25) is 10.0 Å². The van der Waals surface area contributed by atoms with Crippen LogP contribution in [0.5, 0.6) is 0 Å². The summed E-state index contributed by atoms with van der Waals surface area (Å²) < 4.78 is 26.8. The summed E-state index contributed by atoms with van der Waals surface area (Å²) in [5, 5.41) is 0.134. The van der Waals surface area contributed by atoms with Crippen molar-refractivity contribution in [2.75, 3.05) is 13.1 Å². The number of terminal acetylenes is 1. The Morgan fingerprint density at radius 3 is 2.32 bits per heavy atom. The molecule has 0 radical (unpaired) electrons. The molecule has 0 aliphatic carbocycles. The Morgan fingerprint density at radius 2 is 1.89 bits per heavy atom. The van der Waals surface area contributed by atoms with Crippen molar-refractivity contribution < 1.29 is 8.42 Å². The molecule has 1 rings (SSSR count). The van der Waals surface area contributed by atoms with Gasteiger partial charge in [-0.3, -0.25) is 0 Å². The molecule has 0 unspecified atom stereocenters. The van der Waals surface area contributed by atoms with Gasteiger partial charge in [-0.15, -0.1) is 6.42 Å². The van der Waals surface area contributed by atoms with Gasteiger partial charge in [0.05, 0.1) is 16.6 Å². The molecule has 1 aromatic carbocycles. The quantitative estimate of drug-likeness (QED) is 0.724. The zero-order chi connectivity index (χ0) is 14.6. The van der Waals surface area contributed by atoms with Crippen molar-refractivity contribution in [3.05, 3.63) is 26.7 Å². The number of halogens is 3. The Balaban J connectivity index is 3.38. The van der Waals surface area contributed by atoms with E-state index in [9.17, 15) is 8.42 Å². The van der Waals surface area contributed by atoms with Gasteiger partial charge in [0.1, 0.15) is 4.90 Å². The van der Waals surface area contributed by atoms with Crippen molar-refractivity contribution in [1.29, 1.82) is 0 Å². The van der Waals surface area contributed by atoms with Gasteiger partial charge in [0, 0.05) is 11.0 Å². The number of hydrogen-bond donors (Lipinski definition) is 0. The van der Waals surface area contributed by atoms with Gasteiger partial charge < -0.3 is 0 Å². The van der Waals surface area contributed by atoms with E-state index in [1.54, 1.807) is 0 Å². The van der Waals surface area contributed by atoms with E-state index in [4.69, 9.17) is 29.6 Å². The first-order valence-electron chi connectivity index (χ1n) is 5.42. The van der Waals surface area contributed by atoms with E-state index in [0.29, 0.717) is 17.4 Å². The summed E-state index contributed by atoms with van der Waals surface area (Å²) in [4.78, 5) is -0.109. The zero-order valence-electron chi connectivity index (χ0n) is 10.2. The van der Waals surface area contributed by atoms with Crippen LogP contribution in [-0.4, -0.2) is 25.8 Å². The van der Waals surface area contributed by atoms with E-state index >= 15 is 0 Å². The zero-order valence-corrected chi connectivity index (χ0v) is 14.1. The molecule has 7 heteroatoms. The lowest BCUT2D eigenvalue weighted by Crippen LogP contribution is -2.32. The molecule has 1 aromatic rings. The van der Waals surface area contributed by atoms with Crippen LogP contribution in [0, 0.1) is 12.3 Å². The van der Waals surface area contributed by atoms with Gasteiger partial charge in [0.15, 0.2) is 0 Å². The van der Waals surface area contributed by atoms with Crippen LogP contribution < -0.4 is 0 Å². The third-order valence-electron chi connectivity index (χ3n) is 2.30. The Hall–Kier alpha value is -0.250. The smallest absolute Gasteiger partial charge is 0.207 e. The summed E-state index contributed by atoms with van der Waals surface area (Å²) in [7, 11) is -3.80. The second-order valence-corrected chi connectivity index (χ2v) is 7.35. The average Bonchev–Trinajstić information content (AvgIpc) is 2.26. The number of nitrogens with zero attached hydrogens (tertiary/aromatic N) is 1. The third-order valence-corrected chi connectivity index (χ3v) is 5.53. The van der Waals surface area contributed by atoms with Gasteiger partial charge in [0.25, 0.3) is 0 Å². The van der Waals surface area contributed by atoms with Crippen LogP contribution >= 0.6 is 39.1 Å². The van der Waals surface area contributed by atoms with E-state index in [1.807, 2.05) is 6.92 Å². The molecule has 19 heavy (non-hydrogen) atoms. The van der Waals surface area contributed by atoms with Gasteiger partial charge in [-0.25, -0.2) is 8.42 Å². The molecule has 0 saturated carbocycles. The number of sulfonamides is 1. The highest BCUT2D eigenvalue weighted by Gasteiger charge is 2.28. The summed E-state index contributed by atoms with van der Waals surface area (Å²) in [6, 6.07) is 2.97. The van der Waals surface area contributed by atoms with Crippen molar-refractivity contribution in [1.82, 2.24) is 4.31 Å². The van der Waals surface area contributed by atoms with Crippen molar-refractivity contribution in [3.63, 3.8) is 0 Å². The molecule has 0 atom stereocenters. The highest BCUT2D eigenvalue weighted by molar-refractivity contribution is 9.10. The second-order valence-electron chi connectivity index (χ2n) is 3.74. The van der Waals surface area contributed by atoms with Crippen LogP contribution in [0.3, 0.4) is 0 Å². The van der Waals surface area contributed by atoms with Crippen LogP contribution in [0.25, 0.3) is 0 Å². The molecule has 104 valence electrons. The van der Waals surface area contributed by atoms with E-state index < -0.39 is 10.0 Å². The molecule has 0 amide bonds. The van der Waals surface area contributed by atoms with Gasteiger partial charge >= 0.3 is 0 Å². The molecule has 0 fully saturated rings. The summed E-state index contributed by atoms with van der Waals surface area (Å²) in [5.74, 6) is 2.33. The first kappa shape index (κ1) is 16.8. The molecule has 0 aliphatic rings. The highest BCUT2D eigenvalue weighted by Crippen LogP contribution is 2.34. The predicted octanol–water partition coefficient (Wildman–Crippen LogP) is 3.79. The monoisotopic (exact) mass is 383 g/mol. The van der Waals surface area contributed by atoms with E-state index in [-0.39, 0.29) is 21.5 Å². The Bertz CT molecular complexity index is 588. The van der Waals surface area contributed by atoms with Gasteiger partial charge in [-0.2, -0.15) is 4.31 Å². The molecule has 0 aliphatic heterocycles. The lowest BCUT2D eigenvalue weighted by molar-refractivity contribution is 0.446. The van der Waals surface area contributed by atoms with E-state index in [2.05, 4.69) is 21.9 Å². The largest absolute Gasteiger partial charge is 0.246 e. The maximum atomic E-state index is 12.5. The topological polar surface area (TPSA) is 37.4 Å². The molecular weight excluding hydrogens is 373 g/mol. The first-order chi connectivity index (χ1) is 8.84. The molecule has 0 aromatic heterocycles. The van der Waals surface area contributed by atoms with Crippen LogP contribution in [0.4, 0.5) is 0 Å². The van der Waals surface area contributed by atoms with Crippen molar-refractivity contribution >= 4 is 49.2 Å². The summed E-state index contributed by atoms with van der Waals surface area (Å²) in [6.07, 6.45) is 5.85. The van der Waals surface area contributed by atoms with Gasteiger partial charge in [-0.05, 0) is 18.6 Å².